The first-order valence-electron chi connectivity index (χ1n) is 6.42. The van der Waals surface area contributed by atoms with Crippen molar-refractivity contribution in [2.45, 2.75) is 26.7 Å². The van der Waals surface area contributed by atoms with Crippen molar-refractivity contribution in [1.29, 1.82) is 0 Å². The average molecular weight is 329 g/mol. The van der Waals surface area contributed by atoms with E-state index in [-0.39, 0.29) is 17.9 Å². The number of aliphatic hydroxyl groups excluding tert-OH is 1. The second-order valence-corrected chi connectivity index (χ2v) is 5.64. The third kappa shape index (κ3) is 3.94. The highest BCUT2D eigenvalue weighted by Crippen LogP contribution is 2.25. The lowest BCUT2D eigenvalue weighted by atomic mass is 9.83. The summed E-state index contributed by atoms with van der Waals surface area (Å²) in [6.45, 7) is 4.58. The summed E-state index contributed by atoms with van der Waals surface area (Å²) < 4.78 is 0.708. The summed E-state index contributed by atoms with van der Waals surface area (Å²) in [5, 5.41) is 12.3. The second-order valence-electron chi connectivity index (χ2n) is 4.78. The van der Waals surface area contributed by atoms with E-state index in [1.165, 1.54) is 0 Å². The molecule has 4 nitrogen and oxygen atoms in total. The molecule has 0 aromatic heterocycles. The second kappa shape index (κ2) is 6.91. The van der Waals surface area contributed by atoms with E-state index in [1.54, 1.807) is 18.2 Å². The van der Waals surface area contributed by atoms with Crippen LogP contribution in [0.4, 0.5) is 5.69 Å². The van der Waals surface area contributed by atoms with E-state index in [4.69, 9.17) is 5.73 Å². The van der Waals surface area contributed by atoms with E-state index in [2.05, 4.69) is 21.2 Å². The summed E-state index contributed by atoms with van der Waals surface area (Å²) >= 11 is 3.30. The van der Waals surface area contributed by atoms with Crippen molar-refractivity contribution in [2.75, 3.05) is 18.9 Å². The molecule has 1 aromatic carbocycles. The molecule has 0 saturated heterocycles. The third-order valence-corrected chi connectivity index (χ3v) is 4.41. The Kier molecular flexibility index (Phi) is 5.82. The number of anilines is 1. The number of carbonyl (C=O) groups excluding carboxylic acids is 1. The lowest BCUT2D eigenvalue weighted by Crippen LogP contribution is -2.39. The molecule has 4 N–H and O–H groups in total. The van der Waals surface area contributed by atoms with Gasteiger partial charge in [0.1, 0.15) is 0 Å². The van der Waals surface area contributed by atoms with Gasteiger partial charge < -0.3 is 16.2 Å². The Bertz CT molecular complexity index is 437. The average Bonchev–Trinajstić information content (AvgIpc) is 2.43. The van der Waals surface area contributed by atoms with Gasteiger partial charge in [0.15, 0.2) is 0 Å². The van der Waals surface area contributed by atoms with Gasteiger partial charge in [-0.2, -0.15) is 0 Å². The molecule has 0 radical (unpaired) electrons. The van der Waals surface area contributed by atoms with Crippen LogP contribution in [0.25, 0.3) is 0 Å². The van der Waals surface area contributed by atoms with Crippen molar-refractivity contribution in [1.82, 2.24) is 5.32 Å². The number of benzene rings is 1. The molecule has 5 heteroatoms. The molecule has 0 aliphatic rings. The quantitative estimate of drug-likeness (QED) is 0.702. The summed E-state index contributed by atoms with van der Waals surface area (Å²) in [6, 6.07) is 5.08. The van der Waals surface area contributed by atoms with Gasteiger partial charge in [-0.3, -0.25) is 4.79 Å². The van der Waals surface area contributed by atoms with Gasteiger partial charge in [0.05, 0.1) is 6.61 Å². The Morgan fingerprint density at radius 1 is 1.42 bits per heavy atom. The highest BCUT2D eigenvalue weighted by atomic mass is 79.9. The maximum atomic E-state index is 12.0. The van der Waals surface area contributed by atoms with Crippen molar-refractivity contribution in [3.05, 3.63) is 28.2 Å². The zero-order valence-electron chi connectivity index (χ0n) is 11.4. The van der Waals surface area contributed by atoms with Gasteiger partial charge in [-0.1, -0.05) is 13.8 Å². The van der Waals surface area contributed by atoms with Crippen LogP contribution >= 0.6 is 15.9 Å². The molecule has 0 aliphatic carbocycles. The topological polar surface area (TPSA) is 75.3 Å². The number of nitrogens with two attached hydrogens (primary N) is 1. The summed E-state index contributed by atoms with van der Waals surface area (Å²) in [6.07, 6.45) is 1.65. The highest BCUT2D eigenvalue weighted by molar-refractivity contribution is 9.10. The number of nitrogens with one attached hydrogen (secondary N) is 1. The van der Waals surface area contributed by atoms with Crippen molar-refractivity contribution in [3.63, 3.8) is 0 Å². The van der Waals surface area contributed by atoms with Crippen LogP contribution in [0, 0.1) is 5.41 Å². The van der Waals surface area contributed by atoms with Crippen LogP contribution in [0.3, 0.4) is 0 Å². The molecule has 0 unspecified atom stereocenters. The van der Waals surface area contributed by atoms with Gasteiger partial charge in [0, 0.05) is 27.7 Å². The summed E-state index contributed by atoms with van der Waals surface area (Å²) in [5.74, 6) is -0.152. The van der Waals surface area contributed by atoms with Crippen LogP contribution in [0.2, 0.25) is 0 Å². The summed E-state index contributed by atoms with van der Waals surface area (Å²) in [5.41, 5.74) is 6.61. The largest absolute Gasteiger partial charge is 0.398 e. The molecule has 1 amide bonds. The van der Waals surface area contributed by atoms with Crippen LogP contribution in [-0.2, 0) is 0 Å². The fraction of sp³-hybridized carbons (Fsp3) is 0.500. The first kappa shape index (κ1) is 16.0. The zero-order chi connectivity index (χ0) is 14.5. The maximum absolute atomic E-state index is 12.0. The van der Waals surface area contributed by atoms with Crippen LogP contribution < -0.4 is 11.1 Å². The SMILES string of the molecule is CCC(CC)(CO)CNC(=O)c1ccc(N)c(Br)c1. The van der Waals surface area contributed by atoms with Crippen LogP contribution in [-0.4, -0.2) is 24.2 Å². The fourth-order valence-corrected chi connectivity index (χ4v) is 2.20. The van der Waals surface area contributed by atoms with E-state index in [0.717, 1.165) is 12.8 Å². The Morgan fingerprint density at radius 2 is 2.05 bits per heavy atom. The smallest absolute Gasteiger partial charge is 0.251 e. The van der Waals surface area contributed by atoms with Gasteiger partial charge in [-0.15, -0.1) is 0 Å². The highest BCUT2D eigenvalue weighted by Gasteiger charge is 2.25. The monoisotopic (exact) mass is 328 g/mol. The van der Waals surface area contributed by atoms with Crippen molar-refractivity contribution >= 4 is 27.5 Å². The van der Waals surface area contributed by atoms with E-state index in [9.17, 15) is 9.90 Å². The number of nitrogen functional groups attached to an aromatic ring is 1. The van der Waals surface area contributed by atoms with Gasteiger partial charge in [-0.25, -0.2) is 0 Å². The minimum Gasteiger partial charge on any atom is -0.398 e. The van der Waals surface area contributed by atoms with Crippen LogP contribution in [0.1, 0.15) is 37.0 Å². The molecule has 1 rings (SSSR count). The van der Waals surface area contributed by atoms with Crippen molar-refractivity contribution in [2.24, 2.45) is 5.41 Å². The molecule has 0 bridgehead atoms. The van der Waals surface area contributed by atoms with Crippen LogP contribution in [0.5, 0.6) is 0 Å². The molecule has 0 atom stereocenters. The normalized spacial score (nSPS) is 11.4. The number of halogens is 1. The lowest BCUT2D eigenvalue weighted by Gasteiger charge is -2.29. The van der Waals surface area contributed by atoms with Crippen LogP contribution in [0.15, 0.2) is 22.7 Å². The van der Waals surface area contributed by atoms with Gasteiger partial charge >= 0.3 is 0 Å². The zero-order valence-corrected chi connectivity index (χ0v) is 13.0. The molecule has 0 saturated carbocycles. The molecule has 0 spiro atoms. The predicted molar refractivity (Wildman–Crippen MR) is 81.0 cm³/mol. The number of hydrogen-bond donors (Lipinski definition) is 3. The minimum atomic E-state index is -0.235. The molecule has 106 valence electrons. The number of carbonyl (C=O) groups is 1. The molecule has 0 fully saturated rings. The number of hydrogen-bond acceptors (Lipinski definition) is 3. The number of rotatable bonds is 6. The third-order valence-electron chi connectivity index (χ3n) is 3.72. The van der Waals surface area contributed by atoms with Gasteiger partial charge in [0.2, 0.25) is 0 Å². The number of amides is 1. The lowest BCUT2D eigenvalue weighted by molar-refractivity contribution is 0.0851. The fourth-order valence-electron chi connectivity index (χ4n) is 1.82. The Labute approximate surface area is 122 Å². The molecule has 19 heavy (non-hydrogen) atoms. The van der Waals surface area contributed by atoms with Crippen molar-refractivity contribution < 1.29 is 9.90 Å². The Hall–Kier alpha value is -1.07. The van der Waals surface area contributed by atoms with Crippen molar-refractivity contribution in [3.8, 4) is 0 Å². The summed E-state index contributed by atoms with van der Waals surface area (Å²) in [4.78, 5) is 12.0. The summed E-state index contributed by atoms with van der Waals surface area (Å²) in [7, 11) is 0. The van der Waals surface area contributed by atoms with Gasteiger partial charge in [-0.05, 0) is 47.0 Å². The first-order chi connectivity index (χ1) is 8.98. The molecule has 0 aliphatic heterocycles. The van der Waals surface area contributed by atoms with E-state index in [1.807, 2.05) is 13.8 Å². The molecular weight excluding hydrogens is 308 g/mol. The maximum Gasteiger partial charge on any atom is 0.251 e. The molecule has 0 heterocycles. The molecule has 1 aromatic rings. The first-order valence-corrected chi connectivity index (χ1v) is 7.21. The number of aliphatic hydroxyl groups is 1. The van der Waals surface area contributed by atoms with Gasteiger partial charge in [0.25, 0.3) is 5.91 Å². The van der Waals surface area contributed by atoms with E-state index >= 15 is 0 Å². The van der Waals surface area contributed by atoms with E-state index in [0.29, 0.717) is 22.3 Å². The Balaban J connectivity index is 2.72. The van der Waals surface area contributed by atoms with E-state index < -0.39 is 0 Å². The molecular formula is C14H21BrN2O2. The minimum absolute atomic E-state index is 0.0751. The Morgan fingerprint density at radius 3 is 2.53 bits per heavy atom. The predicted octanol–water partition coefficient (Wildman–Crippen LogP) is 2.56. The standard InChI is InChI=1S/C14H21BrN2O2/c1-3-14(4-2,9-18)8-17-13(19)10-5-6-12(16)11(15)7-10/h5-7,18H,3-4,8-9,16H2,1-2H3,(H,17,19).